The molecule has 2 fully saturated rings. The predicted octanol–water partition coefficient (Wildman–Crippen LogP) is -0.166. The van der Waals surface area contributed by atoms with Gasteiger partial charge in [0.2, 0.25) is 0 Å². The molecule has 0 aromatic heterocycles. The molecule has 2 heterocycles. The van der Waals surface area contributed by atoms with Gasteiger partial charge in [-0.05, 0) is 31.2 Å². The molecule has 1 atom stereocenters. The van der Waals surface area contributed by atoms with Gasteiger partial charge in [0, 0.05) is 30.0 Å². The van der Waals surface area contributed by atoms with Crippen LogP contribution in [0.5, 0.6) is 0 Å². The van der Waals surface area contributed by atoms with Gasteiger partial charge in [0.25, 0.3) is 5.91 Å². The van der Waals surface area contributed by atoms with Crippen molar-refractivity contribution in [2.75, 3.05) is 62.7 Å². The number of nitrogens with one attached hydrogen (secondary N) is 3. The first-order valence-electron chi connectivity index (χ1n) is 11.1. The van der Waals surface area contributed by atoms with E-state index in [1.807, 2.05) is 12.1 Å². The third kappa shape index (κ3) is 5.39. The van der Waals surface area contributed by atoms with E-state index in [0.717, 1.165) is 64.7 Å². The second-order valence-corrected chi connectivity index (χ2v) is 8.43. The number of morpholine rings is 1. The van der Waals surface area contributed by atoms with Gasteiger partial charge in [-0.15, -0.1) is 0 Å². The average molecular weight is 411 g/mol. The first kappa shape index (κ1) is 20.8. The molecule has 2 aromatic rings. The van der Waals surface area contributed by atoms with Crippen LogP contribution in [0.25, 0.3) is 0 Å². The smallest absolute Gasteiger partial charge is 0.282 e. The van der Waals surface area contributed by atoms with Crippen LogP contribution in [0.3, 0.4) is 0 Å². The van der Waals surface area contributed by atoms with E-state index in [9.17, 15) is 4.79 Å². The average Bonchev–Trinajstić information content (AvgIpc) is 2.81. The fourth-order valence-electron chi connectivity index (χ4n) is 4.43. The number of piperazine rings is 1. The summed E-state index contributed by atoms with van der Waals surface area (Å²) in [5.41, 5.74) is 3.45. The van der Waals surface area contributed by atoms with Crippen molar-refractivity contribution in [1.29, 1.82) is 0 Å². The molecule has 6 heteroatoms. The Labute approximate surface area is 179 Å². The molecule has 6 nitrogen and oxygen atoms in total. The maximum atomic E-state index is 12.8. The van der Waals surface area contributed by atoms with Crippen molar-refractivity contribution in [2.45, 2.75) is 19.5 Å². The molecule has 160 valence electrons. The Balaban J connectivity index is 1.25. The van der Waals surface area contributed by atoms with Crippen molar-refractivity contribution in [3.05, 3.63) is 60.2 Å². The van der Waals surface area contributed by atoms with Gasteiger partial charge in [0.05, 0.1) is 13.2 Å². The van der Waals surface area contributed by atoms with Crippen molar-refractivity contribution in [3.63, 3.8) is 0 Å². The van der Waals surface area contributed by atoms with Crippen LogP contribution < -0.4 is 20.0 Å². The van der Waals surface area contributed by atoms with Crippen molar-refractivity contribution in [3.8, 4) is 0 Å². The summed E-state index contributed by atoms with van der Waals surface area (Å²) in [6.07, 6.45) is 0. The molecule has 2 aliphatic rings. The summed E-state index contributed by atoms with van der Waals surface area (Å²) in [6.45, 7) is 10.8. The van der Waals surface area contributed by atoms with Crippen molar-refractivity contribution < 1.29 is 19.3 Å². The van der Waals surface area contributed by atoms with Gasteiger partial charge in [-0.3, -0.25) is 4.79 Å². The van der Waals surface area contributed by atoms with Crippen LogP contribution >= 0.6 is 0 Å². The minimum Gasteiger partial charge on any atom is -0.378 e. The largest absolute Gasteiger partial charge is 0.378 e. The van der Waals surface area contributed by atoms with Crippen LogP contribution in [0.1, 0.15) is 12.5 Å². The number of hydrogen-bond acceptors (Lipinski definition) is 3. The first-order chi connectivity index (χ1) is 14.7. The number of hydrogen-bond donors (Lipinski definition) is 3. The Hall–Kier alpha value is -2.41. The van der Waals surface area contributed by atoms with Gasteiger partial charge in [0.1, 0.15) is 32.7 Å². The minimum atomic E-state index is -0.0396. The topological polar surface area (TPSA) is 50.5 Å². The summed E-state index contributed by atoms with van der Waals surface area (Å²) in [5, 5.41) is 3.11. The molecule has 4 rings (SSSR count). The van der Waals surface area contributed by atoms with Gasteiger partial charge in [-0.25, -0.2) is 0 Å². The monoisotopic (exact) mass is 410 g/mol. The zero-order valence-corrected chi connectivity index (χ0v) is 17.9. The summed E-state index contributed by atoms with van der Waals surface area (Å²) in [6, 6.07) is 18.8. The van der Waals surface area contributed by atoms with E-state index in [1.54, 1.807) is 4.90 Å². The Morgan fingerprint density at radius 1 is 1.00 bits per heavy atom. The maximum absolute atomic E-state index is 12.8. The summed E-state index contributed by atoms with van der Waals surface area (Å²) in [4.78, 5) is 18.1. The van der Waals surface area contributed by atoms with E-state index >= 15 is 0 Å². The van der Waals surface area contributed by atoms with Gasteiger partial charge >= 0.3 is 0 Å². The van der Waals surface area contributed by atoms with E-state index in [0.29, 0.717) is 0 Å². The minimum absolute atomic E-state index is 0.0396. The highest BCUT2D eigenvalue weighted by molar-refractivity contribution is 5.93. The van der Waals surface area contributed by atoms with Crippen LogP contribution in [-0.2, 0) is 16.1 Å². The number of amides is 1. The van der Waals surface area contributed by atoms with Gasteiger partial charge < -0.3 is 24.8 Å². The standard InChI is InChI=1S/C24H32N4O2/c1-20(27-13-11-26(12-14-27)19-21-5-3-2-4-6-21)24(29)25-22-7-9-23(10-8-22)28-15-17-30-18-16-28/h2-10,20H,11-19H2,1H3,(H,25,29)/p+2/t20-/m1/s1. The molecule has 2 saturated heterocycles. The molecule has 0 unspecified atom stereocenters. The van der Waals surface area contributed by atoms with E-state index in [1.165, 1.54) is 16.2 Å². The zero-order chi connectivity index (χ0) is 20.8. The van der Waals surface area contributed by atoms with Crippen LogP contribution in [0.4, 0.5) is 11.4 Å². The van der Waals surface area contributed by atoms with E-state index in [-0.39, 0.29) is 11.9 Å². The molecular formula is C24H34N4O2+2. The second kappa shape index (κ2) is 10.1. The summed E-state index contributed by atoms with van der Waals surface area (Å²) in [7, 11) is 0. The molecule has 0 aliphatic carbocycles. The molecule has 30 heavy (non-hydrogen) atoms. The molecule has 0 saturated carbocycles. The third-order valence-corrected chi connectivity index (χ3v) is 6.41. The Bertz CT molecular complexity index is 798. The molecule has 0 radical (unpaired) electrons. The normalized spacial score (nSPS) is 23.0. The number of nitrogens with zero attached hydrogens (tertiary/aromatic N) is 1. The number of anilines is 2. The van der Waals surface area contributed by atoms with Gasteiger partial charge in [-0.1, -0.05) is 30.3 Å². The van der Waals surface area contributed by atoms with Crippen LogP contribution in [0, 0.1) is 0 Å². The summed E-state index contributed by atoms with van der Waals surface area (Å²) in [5.74, 6) is 0.107. The lowest BCUT2D eigenvalue weighted by Crippen LogP contribution is -3.29. The molecule has 0 bridgehead atoms. The highest BCUT2D eigenvalue weighted by atomic mass is 16.5. The van der Waals surface area contributed by atoms with E-state index in [4.69, 9.17) is 4.74 Å². The lowest BCUT2D eigenvalue weighted by atomic mass is 10.1. The summed E-state index contributed by atoms with van der Waals surface area (Å²) < 4.78 is 5.42. The molecule has 1 amide bonds. The number of carbonyl (C=O) groups excluding carboxylic acids is 1. The number of quaternary nitrogens is 2. The lowest BCUT2D eigenvalue weighted by Gasteiger charge is -2.32. The van der Waals surface area contributed by atoms with Crippen molar-refractivity contribution in [1.82, 2.24) is 0 Å². The highest BCUT2D eigenvalue weighted by Crippen LogP contribution is 2.19. The maximum Gasteiger partial charge on any atom is 0.282 e. The second-order valence-electron chi connectivity index (χ2n) is 8.43. The Kier molecular flexibility index (Phi) is 7.00. The number of rotatable bonds is 6. The number of carbonyl (C=O) groups is 1. The molecule has 2 aromatic carbocycles. The molecule has 2 aliphatic heterocycles. The fraction of sp³-hybridized carbons (Fsp3) is 0.458. The van der Waals surface area contributed by atoms with Crippen LogP contribution in [0.15, 0.2) is 54.6 Å². The highest BCUT2D eigenvalue weighted by Gasteiger charge is 2.31. The van der Waals surface area contributed by atoms with Gasteiger partial charge in [0.15, 0.2) is 6.04 Å². The van der Waals surface area contributed by atoms with Crippen molar-refractivity contribution in [2.24, 2.45) is 0 Å². The van der Waals surface area contributed by atoms with Crippen LogP contribution in [-0.4, -0.2) is 64.4 Å². The molecule has 0 spiro atoms. The number of benzene rings is 2. The number of ether oxygens (including phenoxy) is 1. The summed E-state index contributed by atoms with van der Waals surface area (Å²) >= 11 is 0. The fourth-order valence-corrected chi connectivity index (χ4v) is 4.43. The van der Waals surface area contributed by atoms with E-state index in [2.05, 4.69) is 59.6 Å². The Morgan fingerprint density at radius 3 is 2.33 bits per heavy atom. The first-order valence-corrected chi connectivity index (χ1v) is 11.1. The SMILES string of the molecule is C[C@H](C(=O)Nc1ccc(N2CCOCC2)cc1)[NH+]1CC[NH+](Cc2ccccc2)CC1. The Morgan fingerprint density at radius 2 is 1.67 bits per heavy atom. The quantitative estimate of drug-likeness (QED) is 0.620. The predicted molar refractivity (Wildman–Crippen MR) is 119 cm³/mol. The van der Waals surface area contributed by atoms with Crippen molar-refractivity contribution >= 4 is 17.3 Å². The third-order valence-electron chi connectivity index (χ3n) is 6.41. The van der Waals surface area contributed by atoms with E-state index < -0.39 is 0 Å². The van der Waals surface area contributed by atoms with Gasteiger partial charge in [-0.2, -0.15) is 0 Å². The molecule has 3 N–H and O–H groups in total. The van der Waals surface area contributed by atoms with Crippen LogP contribution in [0.2, 0.25) is 0 Å². The lowest BCUT2D eigenvalue weighted by molar-refractivity contribution is -1.02. The molecular weight excluding hydrogens is 376 g/mol. The zero-order valence-electron chi connectivity index (χ0n) is 17.9.